The van der Waals surface area contributed by atoms with Gasteiger partial charge in [0.25, 0.3) is 0 Å². The van der Waals surface area contributed by atoms with E-state index in [0.29, 0.717) is 0 Å². The molecule has 0 radical (unpaired) electrons. The Balaban J connectivity index is 4.40. The lowest BCUT2D eigenvalue weighted by Gasteiger charge is -2.37. The lowest BCUT2D eigenvalue weighted by atomic mass is 9.79. The quantitative estimate of drug-likeness (QED) is 0.622. The second kappa shape index (κ2) is 2.88. The molecule has 0 aliphatic rings. The normalized spacial score (nSPS) is 19.2. The fourth-order valence-corrected chi connectivity index (χ4v) is 0.982. The van der Waals surface area contributed by atoms with Gasteiger partial charge >= 0.3 is 0 Å². The zero-order valence-corrected chi connectivity index (χ0v) is 8.29. The van der Waals surface area contributed by atoms with Crippen LogP contribution in [-0.4, -0.2) is 15.5 Å². The van der Waals surface area contributed by atoms with Crippen LogP contribution in [0.4, 0.5) is 0 Å². The van der Waals surface area contributed by atoms with E-state index in [2.05, 4.69) is 0 Å². The summed E-state index contributed by atoms with van der Waals surface area (Å²) >= 11 is 11.1. The Morgan fingerprint density at radius 2 is 1.40 bits per heavy atom. The minimum atomic E-state index is -1.03. The van der Waals surface area contributed by atoms with Crippen LogP contribution >= 0.6 is 23.2 Å². The zero-order chi connectivity index (χ0) is 8.58. The molecular weight excluding hydrogens is 171 g/mol. The number of rotatable bonds is 1. The van der Waals surface area contributed by atoms with Crippen molar-refractivity contribution in [2.45, 2.75) is 38.1 Å². The van der Waals surface area contributed by atoms with Crippen LogP contribution in [0.5, 0.6) is 0 Å². The average Bonchev–Trinajstić information content (AvgIpc) is 1.62. The Kier molecular flexibility index (Phi) is 3.04. The van der Waals surface area contributed by atoms with Gasteiger partial charge in [0.1, 0.15) is 4.84 Å². The van der Waals surface area contributed by atoms with Gasteiger partial charge in [-0.05, 0) is 12.3 Å². The van der Waals surface area contributed by atoms with E-state index in [0.717, 1.165) is 0 Å². The zero-order valence-electron chi connectivity index (χ0n) is 6.78. The van der Waals surface area contributed by atoms with Crippen LogP contribution in [0.1, 0.15) is 27.7 Å². The third-order valence-electron chi connectivity index (χ3n) is 1.94. The molecule has 1 unspecified atom stereocenters. The first-order chi connectivity index (χ1) is 4.19. The molecule has 0 saturated heterocycles. The smallest absolute Gasteiger partial charge is 0.136 e. The highest BCUT2D eigenvalue weighted by Gasteiger charge is 2.40. The highest BCUT2D eigenvalue weighted by molar-refractivity contribution is 6.45. The van der Waals surface area contributed by atoms with Gasteiger partial charge in [0.15, 0.2) is 0 Å². The van der Waals surface area contributed by atoms with Crippen LogP contribution in [0.25, 0.3) is 0 Å². The highest BCUT2D eigenvalue weighted by atomic mass is 35.5. The third kappa shape index (κ3) is 2.01. The van der Waals surface area contributed by atoms with Gasteiger partial charge in [-0.1, -0.05) is 20.8 Å². The molecular formula is C7H14Cl2O. The second-order valence-electron chi connectivity index (χ2n) is 3.70. The predicted octanol–water partition coefficient (Wildman–Crippen LogP) is 2.59. The number of hydrogen-bond donors (Lipinski definition) is 1. The molecule has 0 saturated carbocycles. The standard InChI is InChI=1S/C7H14Cl2O/c1-6(2,3)7(4,10)5(8)9/h5,10H,1-4H3. The van der Waals surface area contributed by atoms with Gasteiger partial charge < -0.3 is 5.11 Å². The van der Waals surface area contributed by atoms with E-state index in [-0.39, 0.29) is 5.41 Å². The van der Waals surface area contributed by atoms with Crippen molar-refractivity contribution in [2.75, 3.05) is 0 Å². The first kappa shape index (κ1) is 10.5. The van der Waals surface area contributed by atoms with Gasteiger partial charge in [0.2, 0.25) is 0 Å². The Labute approximate surface area is 72.3 Å². The molecule has 0 aliphatic carbocycles. The van der Waals surface area contributed by atoms with Crippen molar-refractivity contribution < 1.29 is 5.11 Å². The molecule has 0 aromatic rings. The molecule has 62 valence electrons. The van der Waals surface area contributed by atoms with Crippen LogP contribution < -0.4 is 0 Å². The van der Waals surface area contributed by atoms with E-state index >= 15 is 0 Å². The maximum absolute atomic E-state index is 9.66. The van der Waals surface area contributed by atoms with E-state index in [1.807, 2.05) is 20.8 Å². The summed E-state index contributed by atoms with van der Waals surface area (Å²) in [6.45, 7) is 7.32. The van der Waals surface area contributed by atoms with Crippen molar-refractivity contribution >= 4 is 23.2 Å². The van der Waals surface area contributed by atoms with Crippen LogP contribution in [0, 0.1) is 5.41 Å². The first-order valence-electron chi connectivity index (χ1n) is 3.20. The molecule has 0 heterocycles. The summed E-state index contributed by atoms with van der Waals surface area (Å²) in [5, 5.41) is 9.66. The SMILES string of the molecule is CC(C)(C)C(C)(O)C(Cl)Cl. The Morgan fingerprint density at radius 1 is 1.10 bits per heavy atom. The summed E-state index contributed by atoms with van der Waals surface area (Å²) in [6, 6.07) is 0. The number of halogens is 2. The highest BCUT2D eigenvalue weighted by Crippen LogP contribution is 2.36. The summed E-state index contributed by atoms with van der Waals surface area (Å²) in [5.41, 5.74) is -1.32. The fraction of sp³-hybridized carbons (Fsp3) is 1.00. The molecule has 10 heavy (non-hydrogen) atoms. The summed E-state index contributed by atoms with van der Waals surface area (Å²) in [5.74, 6) is 0. The Morgan fingerprint density at radius 3 is 1.40 bits per heavy atom. The van der Waals surface area contributed by atoms with E-state index in [1.165, 1.54) is 0 Å². The Hall–Kier alpha value is 0.540. The molecule has 0 aromatic heterocycles. The number of hydrogen-bond acceptors (Lipinski definition) is 1. The van der Waals surface area contributed by atoms with Crippen molar-refractivity contribution in [1.29, 1.82) is 0 Å². The van der Waals surface area contributed by atoms with Crippen LogP contribution in [0.15, 0.2) is 0 Å². The van der Waals surface area contributed by atoms with E-state index < -0.39 is 10.4 Å². The van der Waals surface area contributed by atoms with Crippen molar-refractivity contribution in [3.05, 3.63) is 0 Å². The van der Waals surface area contributed by atoms with E-state index in [9.17, 15) is 5.11 Å². The molecule has 1 nitrogen and oxygen atoms in total. The topological polar surface area (TPSA) is 20.2 Å². The summed E-state index contributed by atoms with van der Waals surface area (Å²) in [4.78, 5) is -0.743. The molecule has 0 aliphatic heterocycles. The number of aliphatic hydroxyl groups is 1. The molecule has 0 rings (SSSR count). The molecule has 1 N–H and O–H groups in total. The van der Waals surface area contributed by atoms with Gasteiger partial charge in [0, 0.05) is 0 Å². The van der Waals surface area contributed by atoms with Crippen molar-refractivity contribution in [3.8, 4) is 0 Å². The lowest BCUT2D eigenvalue weighted by Crippen LogP contribution is -2.45. The minimum Gasteiger partial charge on any atom is -0.387 e. The van der Waals surface area contributed by atoms with Gasteiger partial charge in [-0.2, -0.15) is 0 Å². The van der Waals surface area contributed by atoms with Gasteiger partial charge in [-0.15, -0.1) is 23.2 Å². The van der Waals surface area contributed by atoms with Gasteiger partial charge in [-0.3, -0.25) is 0 Å². The molecule has 0 fully saturated rings. The average molecular weight is 185 g/mol. The first-order valence-corrected chi connectivity index (χ1v) is 4.07. The third-order valence-corrected chi connectivity index (χ3v) is 2.79. The maximum Gasteiger partial charge on any atom is 0.136 e. The van der Waals surface area contributed by atoms with Crippen molar-refractivity contribution in [1.82, 2.24) is 0 Å². The maximum atomic E-state index is 9.66. The van der Waals surface area contributed by atoms with Crippen LogP contribution in [0.2, 0.25) is 0 Å². The molecule has 0 amide bonds. The van der Waals surface area contributed by atoms with Gasteiger partial charge in [0.05, 0.1) is 5.60 Å². The molecule has 0 bridgehead atoms. The fourth-order valence-electron chi connectivity index (χ4n) is 0.327. The summed E-state index contributed by atoms with van der Waals surface area (Å²) in [6.07, 6.45) is 0. The number of alkyl halides is 2. The van der Waals surface area contributed by atoms with Crippen LogP contribution in [0.3, 0.4) is 0 Å². The lowest BCUT2D eigenvalue weighted by molar-refractivity contribution is -0.0289. The second-order valence-corrected chi connectivity index (χ2v) is 4.79. The molecule has 1 atom stereocenters. The summed E-state index contributed by atoms with van der Waals surface area (Å²) < 4.78 is 0. The van der Waals surface area contributed by atoms with Crippen molar-refractivity contribution in [2.24, 2.45) is 5.41 Å². The molecule has 0 aromatic carbocycles. The van der Waals surface area contributed by atoms with E-state index in [4.69, 9.17) is 23.2 Å². The molecule has 3 heteroatoms. The van der Waals surface area contributed by atoms with Crippen LogP contribution in [-0.2, 0) is 0 Å². The van der Waals surface area contributed by atoms with E-state index in [1.54, 1.807) is 6.92 Å². The molecule has 0 spiro atoms. The predicted molar refractivity (Wildman–Crippen MR) is 45.6 cm³/mol. The largest absolute Gasteiger partial charge is 0.387 e. The van der Waals surface area contributed by atoms with Gasteiger partial charge in [-0.25, -0.2) is 0 Å². The minimum absolute atomic E-state index is 0.291. The Bertz CT molecular complexity index is 113. The monoisotopic (exact) mass is 184 g/mol. The van der Waals surface area contributed by atoms with Crippen molar-refractivity contribution in [3.63, 3.8) is 0 Å². The summed E-state index contributed by atoms with van der Waals surface area (Å²) in [7, 11) is 0.